The van der Waals surface area contributed by atoms with Gasteiger partial charge in [-0.15, -0.1) is 11.8 Å². The van der Waals surface area contributed by atoms with Gasteiger partial charge in [0, 0.05) is 12.2 Å². The minimum absolute atomic E-state index is 0.0989. The van der Waals surface area contributed by atoms with E-state index in [-0.39, 0.29) is 17.3 Å². The topological polar surface area (TPSA) is 59.1 Å². The van der Waals surface area contributed by atoms with Crippen molar-refractivity contribution in [2.45, 2.75) is 32.2 Å². The van der Waals surface area contributed by atoms with Crippen LogP contribution in [0.2, 0.25) is 0 Å². The Morgan fingerprint density at radius 1 is 1.35 bits per heavy atom. The van der Waals surface area contributed by atoms with Crippen molar-refractivity contribution in [3.05, 3.63) is 40.2 Å². The summed E-state index contributed by atoms with van der Waals surface area (Å²) in [7, 11) is 0. The molecule has 104 valence electrons. The van der Waals surface area contributed by atoms with Crippen LogP contribution in [-0.2, 0) is 0 Å². The third kappa shape index (κ3) is 2.38. The van der Waals surface area contributed by atoms with Gasteiger partial charge >= 0.3 is 0 Å². The van der Waals surface area contributed by atoms with Crippen LogP contribution in [0.5, 0.6) is 0 Å². The molecule has 0 unspecified atom stereocenters. The third-order valence-electron chi connectivity index (χ3n) is 3.30. The van der Waals surface area contributed by atoms with E-state index in [2.05, 4.69) is 17.2 Å². The van der Waals surface area contributed by atoms with E-state index < -0.39 is 0 Å². The number of ketones is 2. The number of pyridine rings is 1. The van der Waals surface area contributed by atoms with Crippen LogP contribution in [0.1, 0.15) is 47.0 Å². The van der Waals surface area contributed by atoms with Gasteiger partial charge in [0.2, 0.25) is 11.6 Å². The highest BCUT2D eigenvalue weighted by Crippen LogP contribution is 2.33. The molecule has 1 N–H and O–H groups in total. The van der Waals surface area contributed by atoms with Gasteiger partial charge in [-0.3, -0.25) is 14.6 Å². The number of rotatable bonds is 5. The molecule has 0 amide bonds. The number of nitrogens with one attached hydrogen (secondary N) is 1. The van der Waals surface area contributed by atoms with Gasteiger partial charge < -0.3 is 5.32 Å². The maximum atomic E-state index is 12.6. The third-order valence-corrected chi connectivity index (χ3v) is 4.59. The summed E-state index contributed by atoms with van der Waals surface area (Å²) in [5.74, 6) is 0.604. The number of allylic oxidation sites excluding steroid dienone is 2. The van der Waals surface area contributed by atoms with Gasteiger partial charge in [0.25, 0.3) is 0 Å². The first-order valence-electron chi connectivity index (χ1n) is 6.90. The van der Waals surface area contributed by atoms with Crippen molar-refractivity contribution in [2.24, 2.45) is 0 Å². The second-order valence-electron chi connectivity index (χ2n) is 5.03. The number of hydrogen-bond acceptors (Lipinski definition) is 5. The van der Waals surface area contributed by atoms with Crippen LogP contribution >= 0.6 is 11.8 Å². The van der Waals surface area contributed by atoms with Crippen molar-refractivity contribution >= 4 is 23.3 Å². The molecule has 0 aromatic carbocycles. The van der Waals surface area contributed by atoms with Crippen LogP contribution in [-0.4, -0.2) is 28.3 Å². The highest BCUT2D eigenvalue weighted by atomic mass is 32.2. The molecular formula is C15H16N2O2S. The number of hydrogen-bond donors (Lipinski definition) is 1. The zero-order valence-corrected chi connectivity index (χ0v) is 12.1. The maximum absolute atomic E-state index is 12.6. The Balaban J connectivity index is 2.02. The predicted octanol–water partition coefficient (Wildman–Crippen LogP) is 2.57. The lowest BCUT2D eigenvalue weighted by Gasteiger charge is -2.20. The number of Topliss-reactive ketones (excluding diaryl/α,β-unsaturated/α-hetero) is 2. The van der Waals surface area contributed by atoms with E-state index in [9.17, 15) is 9.59 Å². The molecule has 4 nitrogen and oxygen atoms in total. The Kier molecular flexibility index (Phi) is 3.61. The monoisotopic (exact) mass is 288 g/mol. The largest absolute Gasteiger partial charge is 0.378 e. The van der Waals surface area contributed by atoms with E-state index in [0.717, 1.165) is 25.0 Å². The van der Waals surface area contributed by atoms with Crippen LogP contribution in [0, 0.1) is 0 Å². The summed E-state index contributed by atoms with van der Waals surface area (Å²) in [5, 5.41) is 3.23. The lowest BCUT2D eigenvalue weighted by Crippen LogP contribution is -2.31. The summed E-state index contributed by atoms with van der Waals surface area (Å²) in [5.41, 5.74) is 1.19. The molecule has 0 saturated heterocycles. The molecular weight excluding hydrogens is 272 g/mol. The molecule has 0 radical (unpaired) electrons. The van der Waals surface area contributed by atoms with Crippen LogP contribution in [0.4, 0.5) is 0 Å². The Hall–Kier alpha value is -1.62. The first-order valence-corrected chi connectivity index (χ1v) is 7.89. The molecule has 1 aromatic heterocycles. The van der Waals surface area contributed by atoms with Gasteiger partial charge in [0.1, 0.15) is 11.4 Å². The second kappa shape index (κ2) is 5.40. The molecule has 0 aliphatic heterocycles. The Morgan fingerprint density at radius 2 is 2.15 bits per heavy atom. The summed E-state index contributed by atoms with van der Waals surface area (Å²) in [6.07, 6.45) is 4.65. The molecule has 5 heteroatoms. The molecule has 2 aliphatic carbocycles. The smallest absolute Gasteiger partial charge is 0.220 e. The molecule has 0 atom stereocenters. The van der Waals surface area contributed by atoms with Crippen LogP contribution in [0.3, 0.4) is 0 Å². The van der Waals surface area contributed by atoms with E-state index in [1.54, 1.807) is 18.3 Å². The van der Waals surface area contributed by atoms with Crippen molar-refractivity contribution in [3.8, 4) is 0 Å². The van der Waals surface area contributed by atoms with E-state index in [1.165, 1.54) is 11.8 Å². The average Bonchev–Trinajstić information content (AvgIpc) is 3.28. The lowest BCUT2D eigenvalue weighted by molar-refractivity contribution is 0.0971. The molecule has 0 spiro atoms. The fraction of sp³-hybridized carbons (Fsp3) is 0.400. The fourth-order valence-electron chi connectivity index (χ4n) is 2.13. The van der Waals surface area contributed by atoms with Gasteiger partial charge in [0.05, 0.1) is 10.5 Å². The van der Waals surface area contributed by atoms with Crippen molar-refractivity contribution < 1.29 is 9.59 Å². The fourth-order valence-corrected chi connectivity index (χ4v) is 3.07. The second-order valence-corrected chi connectivity index (χ2v) is 6.13. The van der Waals surface area contributed by atoms with Crippen LogP contribution in [0.15, 0.2) is 28.9 Å². The minimum atomic E-state index is -0.123. The first kappa shape index (κ1) is 13.4. The normalized spacial score (nSPS) is 18.2. The summed E-state index contributed by atoms with van der Waals surface area (Å²) in [6.45, 7) is 2.06. The molecule has 1 aromatic rings. The molecule has 20 heavy (non-hydrogen) atoms. The predicted molar refractivity (Wildman–Crippen MR) is 78.8 cm³/mol. The number of nitrogens with zero attached hydrogens (tertiary/aromatic N) is 1. The zero-order valence-electron chi connectivity index (χ0n) is 11.3. The molecule has 0 bridgehead atoms. The first-order chi connectivity index (χ1) is 9.72. The standard InChI is InChI=1S/C15H16N2O2S/c1-2-8-20-15-12(17-9-5-6-9)13(18)10-4-3-7-16-11(10)14(15)19/h3-4,7,9,17H,2,5-6,8H2,1H3. The summed E-state index contributed by atoms with van der Waals surface area (Å²) in [4.78, 5) is 29.7. The Morgan fingerprint density at radius 3 is 2.85 bits per heavy atom. The quantitative estimate of drug-likeness (QED) is 0.902. The number of thioether (sulfide) groups is 1. The SMILES string of the molecule is CCCSC1=C(NC2CC2)C(=O)c2cccnc2C1=O. The zero-order chi connectivity index (χ0) is 14.1. The van der Waals surface area contributed by atoms with Crippen molar-refractivity contribution in [1.29, 1.82) is 0 Å². The van der Waals surface area contributed by atoms with E-state index >= 15 is 0 Å². The minimum Gasteiger partial charge on any atom is -0.378 e. The van der Waals surface area contributed by atoms with Gasteiger partial charge in [-0.2, -0.15) is 0 Å². The number of carbonyl (C=O) groups excluding carboxylic acids is 2. The van der Waals surface area contributed by atoms with Gasteiger partial charge in [-0.1, -0.05) is 6.92 Å². The van der Waals surface area contributed by atoms with E-state index in [0.29, 0.717) is 22.2 Å². The highest BCUT2D eigenvalue weighted by Gasteiger charge is 2.36. The number of fused-ring (bicyclic) bond motifs is 1. The number of carbonyl (C=O) groups is 2. The molecule has 2 aliphatic rings. The van der Waals surface area contributed by atoms with Gasteiger partial charge in [0.15, 0.2) is 0 Å². The van der Waals surface area contributed by atoms with Gasteiger partial charge in [-0.05, 0) is 37.1 Å². The Labute approximate surface area is 122 Å². The highest BCUT2D eigenvalue weighted by molar-refractivity contribution is 8.04. The summed E-state index contributed by atoms with van der Waals surface area (Å²) in [6, 6.07) is 3.72. The number of aromatic nitrogens is 1. The van der Waals surface area contributed by atoms with Gasteiger partial charge in [-0.25, -0.2) is 0 Å². The van der Waals surface area contributed by atoms with Crippen molar-refractivity contribution in [3.63, 3.8) is 0 Å². The van der Waals surface area contributed by atoms with Crippen LogP contribution < -0.4 is 5.32 Å². The molecule has 3 rings (SSSR count). The van der Waals surface area contributed by atoms with E-state index in [4.69, 9.17) is 0 Å². The average molecular weight is 288 g/mol. The summed E-state index contributed by atoms with van der Waals surface area (Å²) >= 11 is 1.46. The molecule has 1 saturated carbocycles. The Bertz CT molecular complexity index is 606. The van der Waals surface area contributed by atoms with Crippen molar-refractivity contribution in [2.75, 3.05) is 5.75 Å². The van der Waals surface area contributed by atoms with E-state index in [1.807, 2.05) is 0 Å². The summed E-state index contributed by atoms with van der Waals surface area (Å²) < 4.78 is 0. The molecule has 1 heterocycles. The lowest BCUT2D eigenvalue weighted by atomic mass is 9.97. The molecule has 1 fully saturated rings. The van der Waals surface area contributed by atoms with Crippen molar-refractivity contribution in [1.82, 2.24) is 10.3 Å². The van der Waals surface area contributed by atoms with Crippen LogP contribution in [0.25, 0.3) is 0 Å². The maximum Gasteiger partial charge on any atom is 0.220 e.